The summed E-state index contributed by atoms with van der Waals surface area (Å²) in [6, 6.07) is 3.78. The van der Waals surface area contributed by atoms with Crippen molar-refractivity contribution in [1.82, 2.24) is 15.5 Å². The molecule has 0 bridgehead atoms. The molecule has 0 aliphatic carbocycles. The van der Waals surface area contributed by atoms with E-state index in [4.69, 9.17) is 32.4 Å². The maximum atomic E-state index is 12.7. The molecule has 0 unspecified atom stereocenters. The van der Waals surface area contributed by atoms with Crippen LogP contribution in [0.2, 0.25) is 10.0 Å². The van der Waals surface area contributed by atoms with Crippen molar-refractivity contribution >= 4 is 39.1 Å². The van der Waals surface area contributed by atoms with Crippen molar-refractivity contribution in [2.45, 2.75) is 57.2 Å². The molecular weight excluding hydrogens is 441 g/mol. The van der Waals surface area contributed by atoms with Crippen molar-refractivity contribution in [3.05, 3.63) is 39.7 Å². The van der Waals surface area contributed by atoms with Crippen LogP contribution in [0.4, 0.5) is 4.79 Å². The van der Waals surface area contributed by atoms with Gasteiger partial charge in [-0.25, -0.2) is 13.2 Å². The van der Waals surface area contributed by atoms with Crippen LogP contribution in [-0.2, 0) is 20.3 Å². The van der Waals surface area contributed by atoms with Gasteiger partial charge in [0.25, 0.3) is 0 Å². The van der Waals surface area contributed by atoms with Crippen LogP contribution in [0, 0.1) is 5.92 Å². The Morgan fingerprint density at radius 2 is 1.90 bits per heavy atom. The van der Waals surface area contributed by atoms with Gasteiger partial charge >= 0.3 is 11.3 Å². The summed E-state index contributed by atoms with van der Waals surface area (Å²) in [5.74, 6) is -0.632. The number of alkyl carbamates (subject to hydrolysis) is 1. The molecular formula is C18H23Cl2N3O5S. The monoisotopic (exact) mass is 463 g/mol. The zero-order chi connectivity index (χ0) is 22.0. The van der Waals surface area contributed by atoms with E-state index in [1.54, 1.807) is 20.8 Å². The summed E-state index contributed by atoms with van der Waals surface area (Å²) >= 11 is 11.9. The topological polar surface area (TPSA) is 111 Å². The van der Waals surface area contributed by atoms with Gasteiger partial charge in [0.05, 0.1) is 5.75 Å². The standard InChI is InChI=1S/C18H23Cl2N3O5S/c1-10(2)14(21-16(24)28-18(3,4)5)15-22-23-17(27-15)29(25,26)9-11-6-7-12(19)8-13(11)20/h6-8,10,14H,9H2,1-5H3,(H,21,24)/t14-/m1/s1. The molecule has 0 aliphatic rings. The SMILES string of the molecule is CC(C)[C@@H](NC(=O)OC(C)(C)C)c1nnc(S(=O)(=O)Cc2ccc(Cl)cc2Cl)o1. The van der Waals surface area contributed by atoms with Gasteiger partial charge in [0.2, 0.25) is 15.7 Å². The van der Waals surface area contributed by atoms with Crippen molar-refractivity contribution in [3.8, 4) is 0 Å². The molecule has 8 nitrogen and oxygen atoms in total. The van der Waals surface area contributed by atoms with Crippen molar-refractivity contribution in [2.24, 2.45) is 5.92 Å². The molecule has 0 saturated carbocycles. The van der Waals surface area contributed by atoms with Crippen molar-refractivity contribution in [3.63, 3.8) is 0 Å². The quantitative estimate of drug-likeness (QED) is 0.667. The van der Waals surface area contributed by atoms with E-state index >= 15 is 0 Å². The summed E-state index contributed by atoms with van der Waals surface area (Å²) < 4.78 is 35.9. The molecule has 1 amide bonds. The Labute approximate surface area is 179 Å². The average Bonchev–Trinajstić information content (AvgIpc) is 3.04. The van der Waals surface area contributed by atoms with E-state index < -0.39 is 38.5 Å². The van der Waals surface area contributed by atoms with Gasteiger partial charge in [-0.1, -0.05) is 48.2 Å². The number of carbonyl (C=O) groups is 1. The predicted molar refractivity (Wildman–Crippen MR) is 109 cm³/mol. The lowest BCUT2D eigenvalue weighted by atomic mass is 10.1. The molecule has 0 saturated heterocycles. The summed E-state index contributed by atoms with van der Waals surface area (Å²) in [5.41, 5.74) is -0.338. The van der Waals surface area contributed by atoms with Crippen molar-refractivity contribution in [1.29, 1.82) is 0 Å². The van der Waals surface area contributed by atoms with Gasteiger partial charge in [-0.15, -0.1) is 5.10 Å². The third kappa shape index (κ3) is 6.58. The summed E-state index contributed by atoms with van der Waals surface area (Å²) in [5, 5.41) is 10.1. The second-order valence-corrected chi connectivity index (χ2v) is 10.5. The average molecular weight is 464 g/mol. The van der Waals surface area contributed by atoms with E-state index in [0.29, 0.717) is 10.6 Å². The van der Waals surface area contributed by atoms with Crippen molar-refractivity contribution < 1.29 is 22.4 Å². The zero-order valence-corrected chi connectivity index (χ0v) is 19.0. The van der Waals surface area contributed by atoms with Gasteiger partial charge in [-0.2, -0.15) is 0 Å². The number of rotatable bonds is 6. The maximum Gasteiger partial charge on any atom is 0.408 e. The molecule has 2 aromatic rings. The van der Waals surface area contributed by atoms with Gasteiger partial charge in [0.15, 0.2) is 0 Å². The minimum atomic E-state index is -3.96. The molecule has 1 aromatic heterocycles. The van der Waals surface area contributed by atoms with E-state index in [0.717, 1.165) is 0 Å². The fraction of sp³-hybridized carbons (Fsp3) is 0.500. The molecule has 2 rings (SSSR count). The van der Waals surface area contributed by atoms with E-state index in [1.165, 1.54) is 18.2 Å². The first-order valence-electron chi connectivity index (χ1n) is 8.78. The first kappa shape index (κ1) is 23.4. The summed E-state index contributed by atoms with van der Waals surface area (Å²) in [6.07, 6.45) is -0.674. The number of aromatic nitrogens is 2. The Kier molecular flexibility index (Phi) is 7.19. The summed E-state index contributed by atoms with van der Waals surface area (Å²) in [4.78, 5) is 12.1. The highest BCUT2D eigenvalue weighted by Crippen LogP contribution is 2.27. The minimum Gasteiger partial charge on any atom is -0.444 e. The lowest BCUT2D eigenvalue weighted by molar-refractivity contribution is 0.0477. The lowest BCUT2D eigenvalue weighted by Gasteiger charge is -2.23. The second-order valence-electron chi connectivity index (χ2n) is 7.77. The van der Waals surface area contributed by atoms with Gasteiger partial charge in [-0.05, 0) is 44.4 Å². The molecule has 1 N–H and O–H groups in total. The molecule has 1 aromatic carbocycles. The number of nitrogens with zero attached hydrogens (tertiary/aromatic N) is 2. The number of ether oxygens (including phenoxy) is 1. The van der Waals surface area contributed by atoms with Crippen molar-refractivity contribution in [2.75, 3.05) is 0 Å². The number of carbonyl (C=O) groups excluding carboxylic acids is 1. The number of sulfone groups is 1. The number of amides is 1. The van der Waals surface area contributed by atoms with Gasteiger partial charge in [-0.3, -0.25) is 0 Å². The highest BCUT2D eigenvalue weighted by molar-refractivity contribution is 7.90. The molecule has 160 valence electrons. The Balaban J connectivity index is 2.23. The van der Waals surface area contributed by atoms with Crippen LogP contribution in [0.3, 0.4) is 0 Å². The maximum absolute atomic E-state index is 12.7. The Morgan fingerprint density at radius 1 is 1.24 bits per heavy atom. The highest BCUT2D eigenvalue weighted by Gasteiger charge is 2.30. The van der Waals surface area contributed by atoms with Gasteiger partial charge < -0.3 is 14.5 Å². The largest absolute Gasteiger partial charge is 0.444 e. The van der Waals surface area contributed by atoms with Crippen LogP contribution in [0.15, 0.2) is 27.8 Å². The van der Waals surface area contributed by atoms with Crippen LogP contribution in [0.25, 0.3) is 0 Å². The van der Waals surface area contributed by atoms with E-state index in [2.05, 4.69) is 15.5 Å². The Bertz CT molecular complexity index is 984. The summed E-state index contributed by atoms with van der Waals surface area (Å²) in [7, 11) is -3.96. The zero-order valence-electron chi connectivity index (χ0n) is 16.7. The van der Waals surface area contributed by atoms with Crippen LogP contribution >= 0.6 is 23.2 Å². The van der Waals surface area contributed by atoms with Crippen LogP contribution in [0.1, 0.15) is 52.1 Å². The van der Waals surface area contributed by atoms with Crippen LogP contribution < -0.4 is 5.32 Å². The second kappa shape index (κ2) is 8.89. The number of hydrogen-bond donors (Lipinski definition) is 1. The molecule has 11 heteroatoms. The molecule has 0 radical (unpaired) electrons. The predicted octanol–water partition coefficient (Wildman–Crippen LogP) is 4.57. The highest BCUT2D eigenvalue weighted by atomic mass is 35.5. The molecule has 29 heavy (non-hydrogen) atoms. The van der Waals surface area contributed by atoms with Gasteiger partial charge in [0.1, 0.15) is 11.6 Å². The smallest absolute Gasteiger partial charge is 0.408 e. The minimum absolute atomic E-state index is 0.0355. The number of benzene rings is 1. The summed E-state index contributed by atoms with van der Waals surface area (Å²) in [6.45, 7) is 8.82. The first-order chi connectivity index (χ1) is 13.3. The van der Waals surface area contributed by atoms with Crippen LogP contribution in [0.5, 0.6) is 0 Å². The van der Waals surface area contributed by atoms with Gasteiger partial charge in [0, 0.05) is 10.0 Å². The molecule has 0 aliphatic heterocycles. The normalized spacial score (nSPS) is 13.4. The number of halogens is 2. The third-order valence-corrected chi connectivity index (χ3v) is 5.63. The number of nitrogens with one attached hydrogen (secondary N) is 1. The van der Waals surface area contributed by atoms with Crippen LogP contribution in [-0.4, -0.2) is 30.3 Å². The third-order valence-electron chi connectivity index (χ3n) is 3.65. The number of hydrogen-bond acceptors (Lipinski definition) is 7. The Hall–Kier alpha value is -1.84. The van der Waals surface area contributed by atoms with E-state index in [1.807, 2.05) is 13.8 Å². The lowest BCUT2D eigenvalue weighted by Crippen LogP contribution is -2.37. The van der Waals surface area contributed by atoms with E-state index in [9.17, 15) is 13.2 Å². The molecule has 0 spiro atoms. The first-order valence-corrected chi connectivity index (χ1v) is 11.2. The fourth-order valence-electron chi connectivity index (χ4n) is 2.33. The van der Waals surface area contributed by atoms with E-state index in [-0.39, 0.29) is 16.8 Å². The fourth-order valence-corrected chi connectivity index (χ4v) is 4.04. The molecule has 1 atom stereocenters. The molecule has 1 heterocycles. The Morgan fingerprint density at radius 3 is 2.45 bits per heavy atom. The molecule has 0 fully saturated rings.